The van der Waals surface area contributed by atoms with Gasteiger partial charge in [0.25, 0.3) is 5.69 Å². The highest BCUT2D eigenvalue weighted by Gasteiger charge is 2.31. The zero-order valence-electron chi connectivity index (χ0n) is 13.0. The van der Waals surface area contributed by atoms with E-state index in [1.54, 1.807) is 0 Å². The first-order chi connectivity index (χ1) is 10.7. The van der Waals surface area contributed by atoms with Crippen LogP contribution in [0.3, 0.4) is 0 Å². The molecular formula is C14H20N2O6S. The van der Waals surface area contributed by atoms with E-state index in [2.05, 4.69) is 0 Å². The van der Waals surface area contributed by atoms with Crippen molar-refractivity contribution in [3.05, 3.63) is 39.9 Å². The van der Waals surface area contributed by atoms with Crippen LogP contribution in [0.4, 0.5) is 5.69 Å². The number of hydrogen-bond donors (Lipinski definition) is 1. The Bertz CT molecular complexity index is 656. The molecule has 0 bridgehead atoms. The van der Waals surface area contributed by atoms with Crippen molar-refractivity contribution in [2.24, 2.45) is 0 Å². The van der Waals surface area contributed by atoms with Crippen molar-refractivity contribution >= 4 is 21.7 Å². The molecule has 1 atom stereocenters. The SMILES string of the molecule is CCCCS(=O)(=O)N(Cc1ccc([N+](=O)[O-])cc1)[C@@H](C)C(=O)O. The van der Waals surface area contributed by atoms with Crippen LogP contribution in [-0.2, 0) is 21.4 Å². The van der Waals surface area contributed by atoms with Gasteiger partial charge in [-0.15, -0.1) is 0 Å². The predicted octanol–water partition coefficient (Wildman–Crippen LogP) is 2.00. The molecule has 0 aliphatic heterocycles. The molecule has 0 heterocycles. The lowest BCUT2D eigenvalue weighted by molar-refractivity contribution is -0.384. The van der Waals surface area contributed by atoms with Gasteiger partial charge in [-0.05, 0) is 18.9 Å². The summed E-state index contributed by atoms with van der Waals surface area (Å²) < 4.78 is 25.7. The summed E-state index contributed by atoms with van der Waals surface area (Å²) in [5.41, 5.74) is 0.379. The lowest BCUT2D eigenvalue weighted by Gasteiger charge is -2.25. The van der Waals surface area contributed by atoms with E-state index in [9.17, 15) is 23.3 Å². The molecule has 0 aromatic heterocycles. The first kappa shape index (κ1) is 19.0. The van der Waals surface area contributed by atoms with E-state index < -0.39 is 27.0 Å². The maximum absolute atomic E-state index is 12.4. The van der Waals surface area contributed by atoms with Crippen LogP contribution < -0.4 is 0 Å². The largest absolute Gasteiger partial charge is 0.480 e. The molecule has 0 amide bonds. The summed E-state index contributed by atoms with van der Waals surface area (Å²) in [4.78, 5) is 21.3. The maximum Gasteiger partial charge on any atom is 0.321 e. The molecule has 0 aliphatic carbocycles. The van der Waals surface area contributed by atoms with Crippen molar-refractivity contribution < 1.29 is 23.2 Å². The van der Waals surface area contributed by atoms with Gasteiger partial charge in [-0.2, -0.15) is 4.31 Å². The van der Waals surface area contributed by atoms with Crippen molar-refractivity contribution in [1.29, 1.82) is 0 Å². The highest BCUT2D eigenvalue weighted by Crippen LogP contribution is 2.18. The van der Waals surface area contributed by atoms with Crippen LogP contribution in [0.15, 0.2) is 24.3 Å². The number of non-ortho nitro benzene ring substituents is 1. The molecule has 0 fully saturated rings. The second kappa shape index (κ2) is 8.02. The van der Waals surface area contributed by atoms with Crippen molar-refractivity contribution in [2.75, 3.05) is 5.75 Å². The fourth-order valence-electron chi connectivity index (χ4n) is 1.95. The van der Waals surface area contributed by atoms with Crippen LogP contribution in [-0.4, -0.2) is 40.5 Å². The molecule has 8 nitrogen and oxygen atoms in total. The maximum atomic E-state index is 12.4. The summed E-state index contributed by atoms with van der Waals surface area (Å²) in [5, 5.41) is 19.8. The fourth-order valence-corrected chi connectivity index (χ4v) is 3.75. The van der Waals surface area contributed by atoms with Crippen molar-refractivity contribution in [2.45, 2.75) is 39.3 Å². The number of rotatable bonds is 9. The first-order valence-electron chi connectivity index (χ1n) is 7.14. The van der Waals surface area contributed by atoms with Gasteiger partial charge >= 0.3 is 5.97 Å². The van der Waals surface area contributed by atoms with Crippen molar-refractivity contribution in [3.8, 4) is 0 Å². The average Bonchev–Trinajstić information content (AvgIpc) is 2.50. The summed E-state index contributed by atoms with van der Waals surface area (Å²) in [7, 11) is -3.73. The van der Waals surface area contributed by atoms with Gasteiger partial charge in [0.05, 0.1) is 10.7 Å². The van der Waals surface area contributed by atoms with Crippen LogP contribution in [0.25, 0.3) is 0 Å². The third kappa shape index (κ3) is 5.29. The number of sulfonamides is 1. The molecule has 0 radical (unpaired) electrons. The van der Waals surface area contributed by atoms with Crippen molar-refractivity contribution in [1.82, 2.24) is 4.31 Å². The summed E-state index contributed by atoms with van der Waals surface area (Å²) in [6, 6.07) is 4.16. The van der Waals surface area contributed by atoms with E-state index in [4.69, 9.17) is 5.11 Å². The second-order valence-electron chi connectivity index (χ2n) is 5.15. The fraction of sp³-hybridized carbons (Fsp3) is 0.500. The molecular weight excluding hydrogens is 324 g/mol. The Balaban J connectivity index is 3.05. The highest BCUT2D eigenvalue weighted by atomic mass is 32.2. The van der Waals surface area contributed by atoms with Crippen LogP contribution in [0.5, 0.6) is 0 Å². The van der Waals surface area contributed by atoms with Gasteiger partial charge in [-0.1, -0.05) is 25.5 Å². The number of carboxylic acids is 1. The molecule has 0 unspecified atom stereocenters. The Morgan fingerprint density at radius 3 is 2.35 bits per heavy atom. The van der Waals surface area contributed by atoms with E-state index in [0.29, 0.717) is 18.4 Å². The van der Waals surface area contributed by atoms with Gasteiger partial charge < -0.3 is 5.11 Å². The van der Waals surface area contributed by atoms with Crippen LogP contribution in [0.1, 0.15) is 32.3 Å². The van der Waals surface area contributed by atoms with E-state index in [1.165, 1.54) is 31.2 Å². The van der Waals surface area contributed by atoms with Gasteiger partial charge in [-0.25, -0.2) is 8.42 Å². The Morgan fingerprint density at radius 2 is 1.91 bits per heavy atom. The van der Waals surface area contributed by atoms with Gasteiger partial charge in [0, 0.05) is 18.7 Å². The highest BCUT2D eigenvalue weighted by molar-refractivity contribution is 7.89. The molecule has 0 saturated carbocycles. The number of benzene rings is 1. The van der Waals surface area contributed by atoms with E-state index in [-0.39, 0.29) is 18.0 Å². The minimum absolute atomic E-state index is 0.111. The molecule has 1 aromatic rings. The summed E-state index contributed by atoms with van der Waals surface area (Å²) in [6.45, 7) is 3.01. The molecule has 1 rings (SSSR count). The molecule has 9 heteroatoms. The molecule has 1 aromatic carbocycles. The first-order valence-corrected chi connectivity index (χ1v) is 8.75. The van der Waals surface area contributed by atoms with Gasteiger partial charge in [-0.3, -0.25) is 14.9 Å². The predicted molar refractivity (Wildman–Crippen MR) is 84.4 cm³/mol. The molecule has 23 heavy (non-hydrogen) atoms. The molecule has 128 valence electrons. The lowest BCUT2D eigenvalue weighted by atomic mass is 10.2. The Morgan fingerprint density at radius 1 is 1.35 bits per heavy atom. The normalized spacial score (nSPS) is 13.0. The van der Waals surface area contributed by atoms with Gasteiger partial charge in [0.15, 0.2) is 0 Å². The number of nitro groups is 1. The van der Waals surface area contributed by atoms with E-state index >= 15 is 0 Å². The average molecular weight is 344 g/mol. The Labute approximate surface area is 134 Å². The lowest BCUT2D eigenvalue weighted by Crippen LogP contribution is -2.43. The quantitative estimate of drug-likeness (QED) is 0.541. The third-order valence-electron chi connectivity index (χ3n) is 3.39. The number of carboxylic acid groups (broad SMARTS) is 1. The monoisotopic (exact) mass is 344 g/mol. The standard InChI is InChI=1S/C14H20N2O6S/c1-3-4-9-23(21,22)15(11(2)14(17)18)10-12-5-7-13(8-6-12)16(19)20/h5-8,11H,3-4,9-10H2,1-2H3,(H,17,18)/t11-/m0/s1. The number of aliphatic carboxylic acids is 1. The number of carbonyl (C=O) groups is 1. The topological polar surface area (TPSA) is 118 Å². The molecule has 1 N–H and O–H groups in total. The summed E-state index contributed by atoms with van der Waals surface area (Å²) in [5.74, 6) is -1.37. The third-order valence-corrected chi connectivity index (χ3v) is 5.35. The summed E-state index contributed by atoms with van der Waals surface area (Å²) >= 11 is 0. The molecule has 0 spiro atoms. The van der Waals surface area contributed by atoms with Gasteiger partial charge in [0.1, 0.15) is 6.04 Å². The zero-order valence-corrected chi connectivity index (χ0v) is 13.8. The zero-order chi connectivity index (χ0) is 17.6. The number of nitro benzene ring substituents is 1. The summed E-state index contributed by atoms with van der Waals surface area (Å²) in [6.07, 6.45) is 1.11. The number of nitrogens with zero attached hydrogens (tertiary/aromatic N) is 2. The van der Waals surface area contributed by atoms with Gasteiger partial charge in [0.2, 0.25) is 10.0 Å². The second-order valence-corrected chi connectivity index (χ2v) is 7.19. The minimum Gasteiger partial charge on any atom is -0.480 e. The number of unbranched alkanes of at least 4 members (excludes halogenated alkanes) is 1. The number of hydrogen-bond acceptors (Lipinski definition) is 5. The Kier molecular flexibility index (Phi) is 6.64. The van der Waals surface area contributed by atoms with E-state index in [1.807, 2.05) is 6.92 Å². The smallest absolute Gasteiger partial charge is 0.321 e. The van der Waals surface area contributed by atoms with Crippen molar-refractivity contribution in [3.63, 3.8) is 0 Å². The Hall–Kier alpha value is -2.00. The minimum atomic E-state index is -3.73. The molecule has 0 aliphatic rings. The molecule has 0 saturated heterocycles. The van der Waals surface area contributed by atoms with Crippen LogP contribution in [0.2, 0.25) is 0 Å². The van der Waals surface area contributed by atoms with Crippen LogP contribution in [0, 0.1) is 10.1 Å². The van der Waals surface area contributed by atoms with E-state index in [0.717, 1.165) is 4.31 Å². The van der Waals surface area contributed by atoms with Crippen LogP contribution >= 0.6 is 0 Å².